The Morgan fingerprint density at radius 1 is 1.00 bits per heavy atom. The van der Waals surface area contributed by atoms with Crippen molar-refractivity contribution in [2.45, 2.75) is 78.2 Å². The number of esters is 1. The zero-order chi connectivity index (χ0) is 25.0. The molecule has 0 amide bonds. The summed E-state index contributed by atoms with van der Waals surface area (Å²) in [5.41, 5.74) is 0.905. The minimum absolute atomic E-state index is 0.0387. The molecular formula is C29H39NO5. The van der Waals surface area contributed by atoms with E-state index in [9.17, 15) is 9.90 Å². The molecule has 0 spiro atoms. The van der Waals surface area contributed by atoms with Crippen LogP contribution < -0.4 is 9.47 Å². The standard InChI is InChI=1S/C29H39NO5/c1-4-5-6-7-8-9-10-11-18-33-23-14-12-22(13-15-23)29(32)35-24-16-17-25(27(31)19-24)28-30-26(20-34-28)21(2)3/h12-17,19,21,26,31H,4-11,18,20H2,1-3H3/t26-/m1/s1. The minimum atomic E-state index is -0.499. The number of hydrogen-bond donors (Lipinski definition) is 1. The highest BCUT2D eigenvalue weighted by atomic mass is 16.5. The summed E-state index contributed by atoms with van der Waals surface area (Å²) in [5, 5.41) is 10.4. The largest absolute Gasteiger partial charge is 0.507 e. The van der Waals surface area contributed by atoms with Gasteiger partial charge in [0.2, 0.25) is 5.90 Å². The normalized spacial score (nSPS) is 15.1. The van der Waals surface area contributed by atoms with Crippen LogP contribution in [-0.2, 0) is 4.74 Å². The topological polar surface area (TPSA) is 77.4 Å². The number of phenolic OH excluding ortho intramolecular Hbond substituents is 1. The fourth-order valence-electron chi connectivity index (χ4n) is 3.91. The molecule has 2 aromatic carbocycles. The number of aromatic hydroxyl groups is 1. The van der Waals surface area contributed by atoms with Gasteiger partial charge in [-0.15, -0.1) is 0 Å². The Morgan fingerprint density at radius 3 is 2.29 bits per heavy atom. The number of aliphatic imine (C=N–C) groups is 1. The maximum atomic E-state index is 12.5. The van der Waals surface area contributed by atoms with Gasteiger partial charge in [-0.2, -0.15) is 0 Å². The molecule has 2 aromatic rings. The zero-order valence-corrected chi connectivity index (χ0v) is 21.3. The molecule has 190 valence electrons. The SMILES string of the molecule is CCCCCCCCCCOc1ccc(C(=O)Oc2ccc(C3=N[C@@H](C(C)C)CO3)c(O)c2)cc1. The van der Waals surface area contributed by atoms with Gasteiger partial charge in [0.15, 0.2) is 0 Å². The molecule has 1 aliphatic rings. The summed E-state index contributed by atoms with van der Waals surface area (Å²) in [6.07, 6.45) is 10.1. The average molecular weight is 482 g/mol. The van der Waals surface area contributed by atoms with Crippen LogP contribution >= 0.6 is 0 Å². The Balaban J connectivity index is 1.43. The fourth-order valence-corrected chi connectivity index (χ4v) is 3.91. The molecule has 1 aliphatic heterocycles. The third-order valence-electron chi connectivity index (χ3n) is 6.21. The highest BCUT2D eigenvalue weighted by molar-refractivity contribution is 5.98. The Hall–Kier alpha value is -3.02. The number of rotatable bonds is 14. The fraction of sp³-hybridized carbons (Fsp3) is 0.517. The van der Waals surface area contributed by atoms with Crippen LogP contribution in [0.25, 0.3) is 0 Å². The maximum absolute atomic E-state index is 12.5. The third kappa shape index (κ3) is 8.30. The molecule has 1 atom stereocenters. The number of unbranched alkanes of at least 4 members (excludes halogenated alkanes) is 7. The van der Waals surface area contributed by atoms with E-state index < -0.39 is 5.97 Å². The van der Waals surface area contributed by atoms with Crippen molar-refractivity contribution in [1.82, 2.24) is 0 Å². The summed E-state index contributed by atoms with van der Waals surface area (Å²) in [6, 6.07) is 11.7. The van der Waals surface area contributed by atoms with Crippen LogP contribution in [0.5, 0.6) is 17.2 Å². The van der Waals surface area contributed by atoms with Gasteiger partial charge < -0.3 is 19.3 Å². The van der Waals surface area contributed by atoms with Gasteiger partial charge in [-0.05, 0) is 48.7 Å². The van der Waals surface area contributed by atoms with Gasteiger partial charge in [-0.1, -0.05) is 65.7 Å². The van der Waals surface area contributed by atoms with E-state index in [4.69, 9.17) is 14.2 Å². The predicted molar refractivity (Wildman–Crippen MR) is 139 cm³/mol. The van der Waals surface area contributed by atoms with E-state index in [1.54, 1.807) is 36.4 Å². The van der Waals surface area contributed by atoms with Gasteiger partial charge in [-0.3, -0.25) is 0 Å². The average Bonchev–Trinajstić information content (AvgIpc) is 3.34. The molecule has 3 rings (SSSR count). The molecular weight excluding hydrogens is 442 g/mol. The Labute approximate surface area is 209 Å². The smallest absolute Gasteiger partial charge is 0.343 e. The van der Waals surface area contributed by atoms with E-state index in [2.05, 4.69) is 25.8 Å². The van der Waals surface area contributed by atoms with E-state index in [0.29, 0.717) is 36.2 Å². The molecule has 0 fully saturated rings. The second kappa shape index (κ2) is 13.8. The van der Waals surface area contributed by atoms with E-state index in [-0.39, 0.29) is 17.5 Å². The molecule has 1 heterocycles. The summed E-state index contributed by atoms with van der Waals surface area (Å²) in [6.45, 7) is 7.58. The number of hydrogen-bond acceptors (Lipinski definition) is 6. The van der Waals surface area contributed by atoms with Crippen molar-refractivity contribution >= 4 is 11.9 Å². The highest BCUT2D eigenvalue weighted by Gasteiger charge is 2.24. The molecule has 0 radical (unpaired) electrons. The molecule has 6 heteroatoms. The Kier molecular flexibility index (Phi) is 10.5. The number of nitrogens with zero attached hydrogens (tertiary/aromatic N) is 1. The first-order valence-electron chi connectivity index (χ1n) is 13.0. The molecule has 0 aliphatic carbocycles. The van der Waals surface area contributed by atoms with Crippen molar-refractivity contribution in [2.24, 2.45) is 10.9 Å². The third-order valence-corrected chi connectivity index (χ3v) is 6.21. The maximum Gasteiger partial charge on any atom is 0.343 e. The lowest BCUT2D eigenvalue weighted by atomic mass is 10.1. The molecule has 6 nitrogen and oxygen atoms in total. The van der Waals surface area contributed by atoms with E-state index in [1.807, 2.05) is 0 Å². The van der Waals surface area contributed by atoms with Gasteiger partial charge in [0, 0.05) is 6.07 Å². The summed E-state index contributed by atoms with van der Waals surface area (Å²) in [4.78, 5) is 17.1. The van der Waals surface area contributed by atoms with Crippen LogP contribution in [0.1, 0.15) is 88.1 Å². The number of carbonyl (C=O) groups is 1. The lowest BCUT2D eigenvalue weighted by molar-refractivity contribution is 0.0734. The Morgan fingerprint density at radius 2 is 1.66 bits per heavy atom. The van der Waals surface area contributed by atoms with E-state index in [1.165, 1.54) is 51.0 Å². The first-order chi connectivity index (χ1) is 17.0. The van der Waals surface area contributed by atoms with Gasteiger partial charge in [-0.25, -0.2) is 9.79 Å². The van der Waals surface area contributed by atoms with Crippen LogP contribution in [0.4, 0.5) is 0 Å². The van der Waals surface area contributed by atoms with E-state index in [0.717, 1.165) is 12.2 Å². The number of phenols is 1. The zero-order valence-electron chi connectivity index (χ0n) is 21.3. The van der Waals surface area contributed by atoms with Gasteiger partial charge >= 0.3 is 5.97 Å². The summed E-state index contributed by atoms with van der Waals surface area (Å²) in [7, 11) is 0. The molecule has 0 bridgehead atoms. The van der Waals surface area contributed by atoms with Crippen LogP contribution in [0, 0.1) is 5.92 Å². The van der Waals surface area contributed by atoms with Gasteiger partial charge in [0.05, 0.1) is 23.8 Å². The van der Waals surface area contributed by atoms with Crippen molar-refractivity contribution in [3.05, 3.63) is 53.6 Å². The highest BCUT2D eigenvalue weighted by Crippen LogP contribution is 2.28. The lowest BCUT2D eigenvalue weighted by Gasteiger charge is -2.09. The van der Waals surface area contributed by atoms with Crippen molar-refractivity contribution in [2.75, 3.05) is 13.2 Å². The second-order valence-electron chi connectivity index (χ2n) is 9.47. The van der Waals surface area contributed by atoms with Crippen molar-refractivity contribution in [1.29, 1.82) is 0 Å². The number of ether oxygens (including phenoxy) is 3. The van der Waals surface area contributed by atoms with Crippen LogP contribution in [0.3, 0.4) is 0 Å². The van der Waals surface area contributed by atoms with Crippen LogP contribution in [-0.4, -0.2) is 36.2 Å². The van der Waals surface area contributed by atoms with Crippen LogP contribution in [0.15, 0.2) is 47.5 Å². The second-order valence-corrected chi connectivity index (χ2v) is 9.47. The molecule has 35 heavy (non-hydrogen) atoms. The van der Waals surface area contributed by atoms with E-state index >= 15 is 0 Å². The van der Waals surface area contributed by atoms with Crippen molar-refractivity contribution in [3.8, 4) is 17.2 Å². The minimum Gasteiger partial charge on any atom is -0.507 e. The summed E-state index contributed by atoms with van der Waals surface area (Å²) < 4.78 is 16.9. The van der Waals surface area contributed by atoms with Crippen molar-refractivity contribution < 1.29 is 24.1 Å². The molecule has 1 N–H and O–H groups in total. The molecule has 0 saturated heterocycles. The number of carbonyl (C=O) groups excluding carboxylic acids is 1. The van der Waals surface area contributed by atoms with Crippen molar-refractivity contribution in [3.63, 3.8) is 0 Å². The lowest BCUT2D eigenvalue weighted by Crippen LogP contribution is -2.13. The van der Waals surface area contributed by atoms with Gasteiger partial charge in [0.1, 0.15) is 23.9 Å². The predicted octanol–water partition coefficient (Wildman–Crippen LogP) is 6.93. The monoisotopic (exact) mass is 481 g/mol. The first-order valence-corrected chi connectivity index (χ1v) is 13.0. The molecule has 0 saturated carbocycles. The summed E-state index contributed by atoms with van der Waals surface area (Å²) >= 11 is 0. The summed E-state index contributed by atoms with van der Waals surface area (Å²) in [5.74, 6) is 1.23. The van der Waals surface area contributed by atoms with Crippen LogP contribution in [0.2, 0.25) is 0 Å². The quantitative estimate of drug-likeness (QED) is 0.180. The number of benzene rings is 2. The van der Waals surface area contributed by atoms with Gasteiger partial charge in [0.25, 0.3) is 0 Å². The Bertz CT molecular complexity index is 968. The first kappa shape index (κ1) is 26.6. The molecule has 0 aromatic heterocycles. The molecule has 0 unspecified atom stereocenters.